The number of esters is 1. The van der Waals surface area contributed by atoms with E-state index in [9.17, 15) is 24.0 Å². The van der Waals surface area contributed by atoms with Crippen LogP contribution in [0.5, 0.6) is 0 Å². The quantitative estimate of drug-likeness (QED) is 0.0556. The molecule has 4 amide bonds. The van der Waals surface area contributed by atoms with E-state index < -0.39 is 5.97 Å². The number of carbonyl (C=O) groups is 5. The van der Waals surface area contributed by atoms with E-state index in [0.717, 1.165) is 90.0 Å². The topological polar surface area (TPSA) is 137 Å². The predicted octanol–water partition coefficient (Wildman–Crippen LogP) is 7.09. The van der Waals surface area contributed by atoms with Gasteiger partial charge in [-0.05, 0) is 51.5 Å². The first kappa shape index (κ1) is 52.5. The van der Waals surface area contributed by atoms with Crippen LogP contribution in [-0.4, -0.2) is 131 Å². The molecule has 0 aromatic carbocycles. The number of amides is 4. The number of nitrogens with zero attached hydrogens (tertiary/aromatic N) is 6. The smallest absolute Gasteiger partial charge is 0.302 e. The minimum absolute atomic E-state index is 0.0320. The zero-order valence-corrected chi connectivity index (χ0v) is 37.7. The molecule has 0 fully saturated rings. The zero-order valence-electron chi connectivity index (χ0n) is 37.7. The number of ether oxygens (including phenoxy) is 1. The van der Waals surface area contributed by atoms with Crippen molar-refractivity contribution in [2.75, 3.05) is 72.1 Å². The molecular weight excluding hydrogens is 735 g/mol. The Morgan fingerprint density at radius 3 is 1.74 bits per heavy atom. The molecular formula is C45H83N7O6. The Balaban J connectivity index is 3.19. The summed E-state index contributed by atoms with van der Waals surface area (Å²) in [6.45, 7) is 15.5. The molecule has 0 bridgehead atoms. The molecule has 13 heteroatoms. The van der Waals surface area contributed by atoms with Gasteiger partial charge in [0.2, 0.25) is 23.6 Å². The van der Waals surface area contributed by atoms with Crippen LogP contribution < -0.4 is 5.32 Å². The molecule has 0 aliphatic heterocycles. The van der Waals surface area contributed by atoms with Gasteiger partial charge in [0.05, 0.1) is 39.1 Å². The molecule has 0 aliphatic carbocycles. The van der Waals surface area contributed by atoms with Gasteiger partial charge in [0, 0.05) is 58.6 Å². The first-order valence-electron chi connectivity index (χ1n) is 23.0. The third-order valence-electron chi connectivity index (χ3n) is 10.8. The number of hydrogen-bond acceptors (Lipinski definition) is 8. The predicted molar refractivity (Wildman–Crippen MR) is 233 cm³/mol. The third-order valence-corrected chi connectivity index (χ3v) is 10.8. The molecule has 1 rings (SSSR count). The second kappa shape index (κ2) is 34.4. The molecule has 58 heavy (non-hydrogen) atoms. The number of rotatable bonds is 37. The fraction of sp³-hybridized carbons (Fsp3) is 0.822. The summed E-state index contributed by atoms with van der Waals surface area (Å²) >= 11 is 0. The van der Waals surface area contributed by atoms with Gasteiger partial charge in [0.1, 0.15) is 0 Å². The molecule has 0 saturated carbocycles. The van der Waals surface area contributed by atoms with E-state index >= 15 is 0 Å². The first-order valence-corrected chi connectivity index (χ1v) is 23.0. The average Bonchev–Trinajstić information content (AvgIpc) is 3.73. The molecule has 0 radical (unpaired) electrons. The summed E-state index contributed by atoms with van der Waals surface area (Å²) in [7, 11) is 0. The van der Waals surface area contributed by atoms with Crippen molar-refractivity contribution in [3.8, 4) is 0 Å². The highest BCUT2D eigenvalue weighted by Gasteiger charge is 2.28. The standard InChI is InChI=1S/C45H83N7O6/c1-7-12-15-17-19-21-29-49(11-5)43(55)38-52(35-41(10-4)25-14-9-3)45(57)37-51(31-24-33-58-40(6)53)44(56)36-50(30-22-20-18-16-13-8-2)42(54)34-46-26-23-28-48-32-27-47-39-48/h27,32,39,41,46H,7-26,28-31,33-38H2,1-6H3. The van der Waals surface area contributed by atoms with Crippen LogP contribution in [0.3, 0.4) is 0 Å². The molecule has 1 atom stereocenters. The maximum atomic E-state index is 14.3. The second-order valence-corrected chi connectivity index (χ2v) is 15.9. The lowest BCUT2D eigenvalue weighted by Gasteiger charge is -2.32. The Bertz CT molecular complexity index is 1230. The summed E-state index contributed by atoms with van der Waals surface area (Å²) in [5, 5.41) is 3.25. The van der Waals surface area contributed by atoms with E-state index in [2.05, 4.69) is 38.0 Å². The lowest BCUT2D eigenvalue weighted by atomic mass is 9.98. The molecule has 1 N–H and O–H groups in total. The maximum absolute atomic E-state index is 14.3. The lowest BCUT2D eigenvalue weighted by molar-refractivity contribution is -0.147. The molecule has 13 nitrogen and oxygen atoms in total. The monoisotopic (exact) mass is 818 g/mol. The van der Waals surface area contributed by atoms with Crippen LogP contribution in [0.15, 0.2) is 18.7 Å². The van der Waals surface area contributed by atoms with Crippen molar-refractivity contribution in [1.29, 1.82) is 0 Å². The Kier molecular flexibility index (Phi) is 31.2. The van der Waals surface area contributed by atoms with Crippen LogP contribution in [-0.2, 0) is 35.3 Å². The van der Waals surface area contributed by atoms with Crippen molar-refractivity contribution in [3.05, 3.63) is 18.7 Å². The Labute approximate surface area is 352 Å². The van der Waals surface area contributed by atoms with Crippen LogP contribution in [0, 0.1) is 5.92 Å². The SMILES string of the molecule is CCCCCCCCN(CC)C(=O)CN(CC(CC)CCCC)C(=O)CN(CCCOC(C)=O)C(=O)CN(CCCCCCCC)C(=O)CNCCCn1ccnc1. The van der Waals surface area contributed by atoms with Crippen LogP contribution >= 0.6 is 0 Å². The van der Waals surface area contributed by atoms with Crippen LogP contribution in [0.4, 0.5) is 0 Å². The van der Waals surface area contributed by atoms with Crippen LogP contribution in [0.2, 0.25) is 0 Å². The van der Waals surface area contributed by atoms with E-state index in [1.165, 1.54) is 37.5 Å². The summed E-state index contributed by atoms with van der Waals surface area (Å²) < 4.78 is 7.17. The van der Waals surface area contributed by atoms with Crippen LogP contribution in [0.25, 0.3) is 0 Å². The number of imidazole rings is 1. The normalized spacial score (nSPS) is 11.6. The Morgan fingerprint density at radius 2 is 1.17 bits per heavy atom. The highest BCUT2D eigenvalue weighted by Crippen LogP contribution is 2.16. The van der Waals surface area contributed by atoms with Crippen molar-refractivity contribution in [3.63, 3.8) is 0 Å². The minimum Gasteiger partial charge on any atom is -0.466 e. The number of aryl methyl sites for hydroxylation is 1. The number of carbonyl (C=O) groups excluding carboxylic acids is 5. The summed E-state index contributed by atoms with van der Waals surface area (Å²) in [6, 6.07) is 0. The fourth-order valence-corrected chi connectivity index (χ4v) is 7.07. The van der Waals surface area contributed by atoms with E-state index in [0.29, 0.717) is 39.1 Å². The van der Waals surface area contributed by atoms with E-state index in [-0.39, 0.29) is 68.9 Å². The summed E-state index contributed by atoms with van der Waals surface area (Å²) in [5.41, 5.74) is 0. The van der Waals surface area contributed by atoms with Gasteiger partial charge < -0.3 is 34.2 Å². The van der Waals surface area contributed by atoms with Gasteiger partial charge in [-0.1, -0.05) is 111 Å². The Hall–Kier alpha value is -3.48. The average molecular weight is 818 g/mol. The van der Waals surface area contributed by atoms with E-state index in [4.69, 9.17) is 4.74 Å². The number of nitrogens with one attached hydrogen (secondary N) is 1. The minimum atomic E-state index is -0.411. The van der Waals surface area contributed by atoms with E-state index in [1.807, 2.05) is 22.6 Å². The lowest BCUT2D eigenvalue weighted by Crippen LogP contribution is -2.51. The zero-order chi connectivity index (χ0) is 42.8. The number of likely N-dealkylation sites (N-methyl/N-ethyl adjacent to an activating group) is 1. The summed E-state index contributed by atoms with van der Waals surface area (Å²) in [6.07, 6.45) is 23.6. The molecule has 334 valence electrons. The van der Waals surface area contributed by atoms with Gasteiger partial charge in [0.15, 0.2) is 0 Å². The fourth-order valence-electron chi connectivity index (χ4n) is 7.07. The Morgan fingerprint density at radius 1 is 0.638 bits per heavy atom. The van der Waals surface area contributed by atoms with Gasteiger partial charge in [-0.3, -0.25) is 24.0 Å². The summed E-state index contributed by atoms with van der Waals surface area (Å²) in [5.74, 6) is -1.03. The van der Waals surface area contributed by atoms with Crippen molar-refractivity contribution >= 4 is 29.6 Å². The molecule has 0 spiro atoms. The van der Waals surface area contributed by atoms with Gasteiger partial charge in [-0.2, -0.15) is 0 Å². The highest BCUT2D eigenvalue weighted by atomic mass is 16.5. The van der Waals surface area contributed by atoms with Crippen molar-refractivity contribution in [1.82, 2.24) is 34.5 Å². The molecule has 0 aliphatic rings. The number of hydrogen-bond donors (Lipinski definition) is 1. The van der Waals surface area contributed by atoms with Crippen LogP contribution in [0.1, 0.15) is 157 Å². The van der Waals surface area contributed by atoms with Gasteiger partial charge >= 0.3 is 5.97 Å². The van der Waals surface area contributed by atoms with Crippen molar-refractivity contribution in [2.24, 2.45) is 5.92 Å². The second-order valence-electron chi connectivity index (χ2n) is 15.9. The number of aromatic nitrogens is 2. The molecule has 1 aromatic heterocycles. The van der Waals surface area contributed by atoms with Gasteiger partial charge in [0.25, 0.3) is 0 Å². The van der Waals surface area contributed by atoms with E-state index in [1.54, 1.807) is 22.3 Å². The molecule has 1 heterocycles. The largest absolute Gasteiger partial charge is 0.466 e. The van der Waals surface area contributed by atoms with Crippen molar-refractivity contribution in [2.45, 2.75) is 164 Å². The van der Waals surface area contributed by atoms with Gasteiger partial charge in [-0.25, -0.2) is 4.98 Å². The van der Waals surface area contributed by atoms with Crippen molar-refractivity contribution < 1.29 is 28.7 Å². The maximum Gasteiger partial charge on any atom is 0.302 e. The third kappa shape index (κ3) is 25.1. The molecule has 1 unspecified atom stereocenters. The summed E-state index contributed by atoms with van der Waals surface area (Å²) in [4.78, 5) is 78.1. The first-order chi connectivity index (χ1) is 28.1. The number of unbranched alkanes of at least 4 members (excludes halogenated alkanes) is 11. The molecule has 1 aromatic rings. The highest BCUT2D eigenvalue weighted by molar-refractivity contribution is 5.90. The molecule has 0 saturated heterocycles. The van der Waals surface area contributed by atoms with Gasteiger partial charge in [-0.15, -0.1) is 0 Å².